The highest BCUT2D eigenvalue weighted by Gasteiger charge is 2.19. The zero-order valence-electron chi connectivity index (χ0n) is 14.7. The lowest BCUT2D eigenvalue weighted by molar-refractivity contribution is 0.164. The fourth-order valence-corrected chi connectivity index (χ4v) is 3.41. The van der Waals surface area contributed by atoms with E-state index in [-0.39, 0.29) is 24.0 Å². The highest BCUT2D eigenvalue weighted by molar-refractivity contribution is 14.0. The number of thiazole rings is 1. The number of rotatable bonds is 5. The SMILES string of the molecule is CCNC(=NCc1ncc(C)s1)N1CCN(CC(C)C)CC1.I. The smallest absolute Gasteiger partial charge is 0.194 e. The fraction of sp³-hybridized carbons (Fsp3) is 0.750. The number of hydrogen-bond acceptors (Lipinski definition) is 4. The van der Waals surface area contributed by atoms with E-state index in [2.05, 4.69) is 47.8 Å². The van der Waals surface area contributed by atoms with Crippen molar-refractivity contribution in [2.75, 3.05) is 39.3 Å². The Kier molecular flexibility index (Phi) is 9.38. The molecule has 1 saturated heterocycles. The van der Waals surface area contributed by atoms with Gasteiger partial charge in [0.05, 0.1) is 6.54 Å². The topological polar surface area (TPSA) is 43.8 Å². The molecule has 0 aliphatic carbocycles. The highest BCUT2D eigenvalue weighted by Crippen LogP contribution is 2.12. The van der Waals surface area contributed by atoms with Crippen molar-refractivity contribution in [3.63, 3.8) is 0 Å². The first-order valence-electron chi connectivity index (χ1n) is 8.25. The lowest BCUT2D eigenvalue weighted by Crippen LogP contribution is -2.53. The molecule has 0 atom stereocenters. The summed E-state index contributed by atoms with van der Waals surface area (Å²) in [7, 11) is 0. The van der Waals surface area contributed by atoms with Gasteiger partial charge in [0, 0.05) is 50.3 Å². The second-order valence-corrected chi connectivity index (χ2v) is 7.54. The van der Waals surface area contributed by atoms with Crippen molar-refractivity contribution < 1.29 is 0 Å². The second-order valence-electron chi connectivity index (χ2n) is 6.22. The molecule has 1 N–H and O–H groups in total. The number of piperazine rings is 1. The van der Waals surface area contributed by atoms with Gasteiger partial charge in [0.25, 0.3) is 0 Å². The number of aliphatic imine (C=N–C) groups is 1. The van der Waals surface area contributed by atoms with Crippen molar-refractivity contribution >= 4 is 41.3 Å². The van der Waals surface area contributed by atoms with Gasteiger partial charge in [-0.1, -0.05) is 13.8 Å². The van der Waals surface area contributed by atoms with E-state index < -0.39 is 0 Å². The average Bonchev–Trinajstić information content (AvgIpc) is 2.89. The molecular formula is C16H30IN5S. The van der Waals surface area contributed by atoms with E-state index in [1.165, 1.54) is 11.4 Å². The minimum absolute atomic E-state index is 0. The van der Waals surface area contributed by atoms with Crippen LogP contribution in [0.2, 0.25) is 0 Å². The van der Waals surface area contributed by atoms with Gasteiger partial charge in [0.15, 0.2) is 5.96 Å². The summed E-state index contributed by atoms with van der Waals surface area (Å²) < 4.78 is 0. The van der Waals surface area contributed by atoms with E-state index in [4.69, 9.17) is 4.99 Å². The van der Waals surface area contributed by atoms with Crippen molar-refractivity contribution in [2.24, 2.45) is 10.9 Å². The Hall–Kier alpha value is -0.410. The molecule has 0 aromatic carbocycles. The lowest BCUT2D eigenvalue weighted by atomic mass is 10.2. The molecule has 132 valence electrons. The van der Waals surface area contributed by atoms with Gasteiger partial charge in [0.2, 0.25) is 0 Å². The van der Waals surface area contributed by atoms with Crippen LogP contribution in [0.15, 0.2) is 11.2 Å². The van der Waals surface area contributed by atoms with Crippen LogP contribution in [0.3, 0.4) is 0 Å². The van der Waals surface area contributed by atoms with Crippen LogP contribution in [-0.2, 0) is 6.54 Å². The van der Waals surface area contributed by atoms with Gasteiger partial charge in [0.1, 0.15) is 5.01 Å². The first-order valence-corrected chi connectivity index (χ1v) is 9.07. The number of halogens is 1. The van der Waals surface area contributed by atoms with E-state index in [1.54, 1.807) is 11.3 Å². The molecule has 0 spiro atoms. The number of aromatic nitrogens is 1. The van der Waals surface area contributed by atoms with Crippen LogP contribution < -0.4 is 5.32 Å². The fourth-order valence-electron chi connectivity index (χ4n) is 2.70. The summed E-state index contributed by atoms with van der Waals surface area (Å²) >= 11 is 1.73. The summed E-state index contributed by atoms with van der Waals surface area (Å²) in [4.78, 5) is 15.3. The highest BCUT2D eigenvalue weighted by atomic mass is 127. The molecule has 1 aliphatic heterocycles. The third-order valence-corrected chi connectivity index (χ3v) is 4.56. The summed E-state index contributed by atoms with van der Waals surface area (Å²) in [6.07, 6.45) is 1.92. The minimum Gasteiger partial charge on any atom is -0.357 e. The minimum atomic E-state index is 0. The van der Waals surface area contributed by atoms with Crippen molar-refractivity contribution in [3.8, 4) is 0 Å². The summed E-state index contributed by atoms with van der Waals surface area (Å²) in [6.45, 7) is 15.9. The van der Waals surface area contributed by atoms with E-state index in [1.807, 2.05) is 6.20 Å². The van der Waals surface area contributed by atoms with Crippen molar-refractivity contribution in [1.29, 1.82) is 0 Å². The van der Waals surface area contributed by atoms with E-state index in [0.717, 1.165) is 49.6 Å². The Morgan fingerprint density at radius 2 is 2.04 bits per heavy atom. The molecular weight excluding hydrogens is 421 g/mol. The molecule has 7 heteroatoms. The molecule has 1 aromatic heterocycles. The Morgan fingerprint density at radius 3 is 2.57 bits per heavy atom. The Balaban J connectivity index is 0.00000264. The summed E-state index contributed by atoms with van der Waals surface area (Å²) in [6, 6.07) is 0. The Labute approximate surface area is 161 Å². The molecule has 1 aromatic rings. The van der Waals surface area contributed by atoms with Crippen LogP contribution in [0.1, 0.15) is 30.7 Å². The zero-order valence-corrected chi connectivity index (χ0v) is 17.9. The molecule has 0 bridgehead atoms. The predicted molar refractivity (Wildman–Crippen MR) is 110 cm³/mol. The summed E-state index contributed by atoms with van der Waals surface area (Å²) in [5.41, 5.74) is 0. The van der Waals surface area contributed by atoms with Crippen LogP contribution in [0.5, 0.6) is 0 Å². The Bertz CT molecular complexity index is 481. The maximum absolute atomic E-state index is 4.77. The third kappa shape index (κ3) is 6.93. The number of guanidine groups is 1. The van der Waals surface area contributed by atoms with Crippen molar-refractivity contribution in [1.82, 2.24) is 20.1 Å². The Morgan fingerprint density at radius 1 is 1.35 bits per heavy atom. The van der Waals surface area contributed by atoms with Gasteiger partial charge in [-0.15, -0.1) is 35.3 Å². The van der Waals surface area contributed by atoms with Crippen molar-refractivity contribution in [3.05, 3.63) is 16.1 Å². The standard InChI is InChI=1S/C16H29N5S.HI/c1-5-17-16(19-11-15-18-10-14(4)22-15)21-8-6-20(7-9-21)12-13(2)3;/h10,13H,5-9,11-12H2,1-4H3,(H,17,19);1H. The maximum Gasteiger partial charge on any atom is 0.194 e. The average molecular weight is 451 g/mol. The lowest BCUT2D eigenvalue weighted by Gasteiger charge is -2.37. The molecule has 5 nitrogen and oxygen atoms in total. The van der Waals surface area contributed by atoms with Gasteiger partial charge in [-0.2, -0.15) is 0 Å². The largest absolute Gasteiger partial charge is 0.357 e. The number of aryl methyl sites for hydroxylation is 1. The van der Waals surface area contributed by atoms with Crippen LogP contribution in [0.4, 0.5) is 0 Å². The van der Waals surface area contributed by atoms with Crippen LogP contribution in [0, 0.1) is 12.8 Å². The summed E-state index contributed by atoms with van der Waals surface area (Å²) in [5, 5.41) is 4.51. The van der Waals surface area contributed by atoms with Gasteiger partial charge in [-0.05, 0) is 19.8 Å². The molecule has 1 aliphatic rings. The monoisotopic (exact) mass is 451 g/mol. The second kappa shape index (κ2) is 10.5. The number of nitrogens with zero attached hydrogens (tertiary/aromatic N) is 4. The van der Waals surface area contributed by atoms with Crippen LogP contribution >= 0.6 is 35.3 Å². The molecule has 1 fully saturated rings. The number of nitrogens with one attached hydrogen (secondary N) is 1. The van der Waals surface area contributed by atoms with Gasteiger partial charge in [-0.25, -0.2) is 9.98 Å². The van der Waals surface area contributed by atoms with E-state index in [9.17, 15) is 0 Å². The third-order valence-electron chi connectivity index (χ3n) is 3.66. The zero-order chi connectivity index (χ0) is 15.9. The summed E-state index contributed by atoms with van der Waals surface area (Å²) in [5.74, 6) is 1.76. The first kappa shape index (κ1) is 20.6. The molecule has 0 amide bonds. The molecule has 0 saturated carbocycles. The van der Waals surface area contributed by atoms with Gasteiger partial charge < -0.3 is 10.2 Å². The van der Waals surface area contributed by atoms with Crippen LogP contribution in [0.25, 0.3) is 0 Å². The normalized spacial score (nSPS) is 16.6. The molecule has 23 heavy (non-hydrogen) atoms. The number of hydrogen-bond donors (Lipinski definition) is 1. The first-order chi connectivity index (χ1) is 10.6. The maximum atomic E-state index is 4.77. The molecule has 0 radical (unpaired) electrons. The van der Waals surface area contributed by atoms with Gasteiger partial charge in [-0.3, -0.25) is 4.90 Å². The van der Waals surface area contributed by atoms with E-state index >= 15 is 0 Å². The quantitative estimate of drug-likeness (QED) is 0.425. The molecule has 2 rings (SSSR count). The van der Waals surface area contributed by atoms with Gasteiger partial charge >= 0.3 is 0 Å². The predicted octanol–water partition coefficient (Wildman–Crippen LogP) is 2.81. The van der Waals surface area contributed by atoms with Crippen molar-refractivity contribution in [2.45, 2.75) is 34.2 Å². The van der Waals surface area contributed by atoms with E-state index in [0.29, 0.717) is 6.54 Å². The van der Waals surface area contributed by atoms with Crippen LogP contribution in [-0.4, -0.2) is 60.0 Å². The molecule has 2 heterocycles. The molecule has 0 unspecified atom stereocenters.